The first-order valence-electron chi connectivity index (χ1n) is 5.78. The van der Waals surface area contributed by atoms with Crippen molar-refractivity contribution in [2.45, 2.75) is 31.9 Å². The Labute approximate surface area is 111 Å². The molecule has 0 aliphatic rings. The summed E-state index contributed by atoms with van der Waals surface area (Å²) in [5.41, 5.74) is -2.18. The summed E-state index contributed by atoms with van der Waals surface area (Å²) in [5, 5.41) is 31.5. The second kappa shape index (κ2) is 7.27. The summed E-state index contributed by atoms with van der Waals surface area (Å²) in [7, 11) is 0. The van der Waals surface area contributed by atoms with Crippen molar-refractivity contribution in [3.8, 4) is 0 Å². The molecule has 0 saturated carbocycles. The molecule has 0 aliphatic heterocycles. The van der Waals surface area contributed by atoms with Crippen LogP contribution < -0.4 is 10.6 Å². The highest BCUT2D eigenvalue weighted by atomic mass is 16.6. The quantitative estimate of drug-likeness (QED) is 0.396. The fourth-order valence-corrected chi connectivity index (χ4v) is 1.08. The van der Waals surface area contributed by atoms with Gasteiger partial charge in [0.05, 0.1) is 19.8 Å². The van der Waals surface area contributed by atoms with Crippen LogP contribution in [0.1, 0.15) is 20.8 Å². The third-order valence-corrected chi connectivity index (χ3v) is 2.10. The number of nitrogens with one attached hydrogen (secondary N) is 2. The molecule has 0 aromatic rings. The lowest BCUT2D eigenvalue weighted by Gasteiger charge is -2.28. The van der Waals surface area contributed by atoms with Gasteiger partial charge in [0.2, 0.25) is 5.91 Å². The molecular formula is C11H22N2O6. The number of aliphatic hydroxyl groups excluding tert-OH is 3. The number of amides is 2. The predicted molar refractivity (Wildman–Crippen MR) is 66.4 cm³/mol. The molecule has 0 bridgehead atoms. The fourth-order valence-electron chi connectivity index (χ4n) is 1.08. The van der Waals surface area contributed by atoms with Crippen LogP contribution in [0.5, 0.6) is 0 Å². The lowest BCUT2D eigenvalue weighted by Crippen LogP contribution is -2.58. The number of carbonyl (C=O) groups is 2. The molecule has 0 unspecified atom stereocenters. The van der Waals surface area contributed by atoms with Gasteiger partial charge >= 0.3 is 6.09 Å². The molecule has 0 aromatic heterocycles. The van der Waals surface area contributed by atoms with Crippen molar-refractivity contribution < 1.29 is 29.6 Å². The Balaban J connectivity index is 4.22. The van der Waals surface area contributed by atoms with Crippen LogP contribution in [-0.4, -0.2) is 64.8 Å². The zero-order valence-corrected chi connectivity index (χ0v) is 11.4. The largest absolute Gasteiger partial charge is 0.444 e. The highest BCUT2D eigenvalue weighted by Gasteiger charge is 2.30. The van der Waals surface area contributed by atoms with E-state index >= 15 is 0 Å². The topological polar surface area (TPSA) is 128 Å². The Morgan fingerprint density at radius 3 is 1.89 bits per heavy atom. The Hall–Kier alpha value is -1.38. The minimum atomic E-state index is -1.51. The van der Waals surface area contributed by atoms with Crippen LogP contribution >= 0.6 is 0 Å². The zero-order valence-electron chi connectivity index (χ0n) is 11.4. The molecule has 0 heterocycles. The fraction of sp³-hybridized carbons (Fsp3) is 0.818. The molecule has 2 amide bonds. The van der Waals surface area contributed by atoms with Gasteiger partial charge in [-0.15, -0.1) is 0 Å². The number of rotatable bonds is 6. The van der Waals surface area contributed by atoms with E-state index in [9.17, 15) is 9.59 Å². The lowest BCUT2D eigenvalue weighted by atomic mass is 10.0. The maximum atomic E-state index is 11.5. The average Bonchev–Trinajstić information content (AvgIpc) is 2.31. The van der Waals surface area contributed by atoms with E-state index in [-0.39, 0.29) is 0 Å². The van der Waals surface area contributed by atoms with Crippen molar-refractivity contribution in [1.29, 1.82) is 0 Å². The SMILES string of the molecule is CC(C)(C)OC(=O)NCC(=O)NC(CO)(CO)CO. The standard InChI is InChI=1S/C11H22N2O6/c1-10(2,3)19-9(18)12-4-8(17)13-11(5-14,6-15)7-16/h14-16H,4-7H2,1-3H3,(H,12,18)(H,13,17). The van der Waals surface area contributed by atoms with Crippen molar-refractivity contribution in [3.63, 3.8) is 0 Å². The second-order valence-electron chi connectivity index (χ2n) is 5.16. The molecule has 19 heavy (non-hydrogen) atoms. The molecule has 5 N–H and O–H groups in total. The molecule has 0 saturated heterocycles. The summed E-state index contributed by atoms with van der Waals surface area (Å²) in [4.78, 5) is 22.8. The molecule has 0 aromatic carbocycles. The molecule has 8 heteroatoms. The van der Waals surface area contributed by atoms with Crippen molar-refractivity contribution in [1.82, 2.24) is 10.6 Å². The van der Waals surface area contributed by atoms with Gasteiger partial charge in [-0.05, 0) is 20.8 Å². The third-order valence-electron chi connectivity index (χ3n) is 2.10. The minimum Gasteiger partial charge on any atom is -0.444 e. The van der Waals surface area contributed by atoms with E-state index in [1.54, 1.807) is 20.8 Å². The molecule has 0 atom stereocenters. The number of alkyl carbamates (subject to hydrolysis) is 1. The van der Waals surface area contributed by atoms with Gasteiger partial charge in [-0.3, -0.25) is 4.79 Å². The van der Waals surface area contributed by atoms with Crippen LogP contribution in [0, 0.1) is 0 Å². The first-order valence-corrected chi connectivity index (χ1v) is 5.78. The van der Waals surface area contributed by atoms with Crippen LogP contribution in [0.4, 0.5) is 4.79 Å². The van der Waals surface area contributed by atoms with Gasteiger partial charge in [-0.2, -0.15) is 0 Å². The van der Waals surface area contributed by atoms with Crippen LogP contribution in [-0.2, 0) is 9.53 Å². The van der Waals surface area contributed by atoms with Gasteiger partial charge in [0, 0.05) is 0 Å². The number of hydrogen-bond acceptors (Lipinski definition) is 6. The predicted octanol–water partition coefficient (Wildman–Crippen LogP) is -1.66. The lowest BCUT2D eigenvalue weighted by molar-refractivity contribution is -0.124. The van der Waals surface area contributed by atoms with Crippen LogP contribution in [0.2, 0.25) is 0 Å². The molecule has 8 nitrogen and oxygen atoms in total. The summed E-state index contributed by atoms with van der Waals surface area (Å²) in [6.07, 6.45) is -0.759. The smallest absolute Gasteiger partial charge is 0.408 e. The zero-order chi connectivity index (χ0) is 15.1. The summed E-state index contributed by atoms with van der Waals surface area (Å²) < 4.78 is 4.92. The Morgan fingerprint density at radius 1 is 1.05 bits per heavy atom. The van der Waals surface area contributed by atoms with Gasteiger partial charge < -0.3 is 30.7 Å². The highest BCUT2D eigenvalue weighted by molar-refractivity contribution is 5.82. The van der Waals surface area contributed by atoms with Crippen molar-refractivity contribution in [2.75, 3.05) is 26.4 Å². The van der Waals surface area contributed by atoms with Gasteiger partial charge in [0.15, 0.2) is 0 Å². The molecular weight excluding hydrogens is 256 g/mol. The van der Waals surface area contributed by atoms with E-state index in [4.69, 9.17) is 20.1 Å². The van der Waals surface area contributed by atoms with Gasteiger partial charge in [-0.25, -0.2) is 4.79 Å². The van der Waals surface area contributed by atoms with E-state index in [0.717, 1.165) is 0 Å². The Bertz CT molecular complexity index is 301. The molecule has 0 fully saturated rings. The maximum absolute atomic E-state index is 11.5. The normalized spacial score (nSPS) is 11.9. The average molecular weight is 278 g/mol. The first-order chi connectivity index (χ1) is 8.68. The third kappa shape index (κ3) is 6.94. The molecule has 0 rings (SSSR count). The van der Waals surface area contributed by atoms with Crippen molar-refractivity contribution in [3.05, 3.63) is 0 Å². The van der Waals surface area contributed by atoms with E-state index in [1.165, 1.54) is 0 Å². The summed E-state index contributed by atoms with van der Waals surface area (Å²) in [6.45, 7) is 2.77. The van der Waals surface area contributed by atoms with Crippen LogP contribution in [0.25, 0.3) is 0 Å². The Morgan fingerprint density at radius 2 is 1.53 bits per heavy atom. The second-order valence-corrected chi connectivity index (χ2v) is 5.16. The van der Waals surface area contributed by atoms with E-state index in [2.05, 4.69) is 10.6 Å². The summed E-state index contributed by atoms with van der Waals surface area (Å²) >= 11 is 0. The Kier molecular flexibility index (Phi) is 6.74. The summed E-state index contributed by atoms with van der Waals surface area (Å²) in [6, 6.07) is 0. The van der Waals surface area contributed by atoms with Gasteiger partial charge in [0.1, 0.15) is 17.7 Å². The molecule has 0 aliphatic carbocycles. The molecule has 0 spiro atoms. The van der Waals surface area contributed by atoms with Crippen molar-refractivity contribution in [2.24, 2.45) is 0 Å². The van der Waals surface area contributed by atoms with Crippen LogP contribution in [0.3, 0.4) is 0 Å². The van der Waals surface area contributed by atoms with Crippen molar-refractivity contribution >= 4 is 12.0 Å². The number of carbonyl (C=O) groups excluding carboxylic acids is 2. The first kappa shape index (κ1) is 17.6. The number of aliphatic hydroxyl groups is 3. The van der Waals surface area contributed by atoms with Gasteiger partial charge in [-0.1, -0.05) is 0 Å². The van der Waals surface area contributed by atoms with E-state index in [0.29, 0.717) is 0 Å². The van der Waals surface area contributed by atoms with Crippen LogP contribution in [0.15, 0.2) is 0 Å². The van der Waals surface area contributed by atoms with E-state index in [1.807, 2.05) is 0 Å². The number of hydrogen-bond donors (Lipinski definition) is 5. The van der Waals surface area contributed by atoms with Gasteiger partial charge in [0.25, 0.3) is 0 Å². The minimum absolute atomic E-state index is 0.392. The molecule has 0 radical (unpaired) electrons. The van der Waals surface area contributed by atoms with E-state index < -0.39 is 49.5 Å². The highest BCUT2D eigenvalue weighted by Crippen LogP contribution is 2.06. The maximum Gasteiger partial charge on any atom is 0.408 e. The summed E-state index contributed by atoms with van der Waals surface area (Å²) in [5.74, 6) is -0.664. The monoisotopic (exact) mass is 278 g/mol. The molecule has 112 valence electrons. The number of ether oxygens (including phenoxy) is 1.